The van der Waals surface area contributed by atoms with Gasteiger partial charge in [-0.2, -0.15) is 5.26 Å². The molecule has 1 amide bonds. The van der Waals surface area contributed by atoms with E-state index in [1.807, 2.05) is 20.8 Å². The van der Waals surface area contributed by atoms with Gasteiger partial charge >= 0.3 is 0 Å². The van der Waals surface area contributed by atoms with Gasteiger partial charge in [-0.05, 0) is 17.5 Å². The van der Waals surface area contributed by atoms with Crippen molar-refractivity contribution in [2.75, 3.05) is 5.32 Å². The number of hydrogen-bond donors (Lipinski definition) is 1. The van der Waals surface area contributed by atoms with Crippen LogP contribution in [-0.4, -0.2) is 11.7 Å². The fourth-order valence-corrected chi connectivity index (χ4v) is 1.85. The van der Waals surface area contributed by atoms with E-state index in [0.717, 1.165) is 0 Å². The highest BCUT2D eigenvalue weighted by Gasteiger charge is 2.29. The molecule has 0 heterocycles. The molecular weight excluding hydrogens is 276 g/mol. The lowest BCUT2D eigenvalue weighted by molar-refractivity contribution is -0.129. The van der Waals surface area contributed by atoms with Gasteiger partial charge in [-0.1, -0.05) is 44.5 Å². The van der Waals surface area contributed by atoms with E-state index >= 15 is 0 Å². The number of carbonyl (C=O) groups excluding carboxylic acids is 2. The zero-order valence-electron chi connectivity index (χ0n) is 11.7. The molecule has 1 aromatic carbocycles. The zero-order valence-corrected chi connectivity index (χ0v) is 12.5. The van der Waals surface area contributed by atoms with Crippen LogP contribution in [-0.2, 0) is 9.59 Å². The maximum absolute atomic E-state index is 12.0. The third-order valence-corrected chi connectivity index (χ3v) is 2.88. The number of halogens is 1. The van der Waals surface area contributed by atoms with Crippen LogP contribution < -0.4 is 5.32 Å². The Balaban J connectivity index is 2.82. The van der Waals surface area contributed by atoms with E-state index in [2.05, 4.69) is 5.32 Å². The van der Waals surface area contributed by atoms with Crippen molar-refractivity contribution < 1.29 is 9.59 Å². The molecule has 4 nitrogen and oxygen atoms in total. The van der Waals surface area contributed by atoms with E-state index in [1.54, 1.807) is 30.3 Å². The zero-order chi connectivity index (χ0) is 15.3. The molecule has 1 N–H and O–H groups in total. The Morgan fingerprint density at radius 2 is 1.95 bits per heavy atom. The van der Waals surface area contributed by atoms with E-state index in [4.69, 9.17) is 16.9 Å². The van der Waals surface area contributed by atoms with Gasteiger partial charge < -0.3 is 5.32 Å². The van der Waals surface area contributed by atoms with Gasteiger partial charge in [-0.25, -0.2) is 0 Å². The van der Waals surface area contributed by atoms with Crippen molar-refractivity contribution in [2.45, 2.75) is 27.2 Å². The second-order valence-corrected chi connectivity index (χ2v) is 6.14. The summed E-state index contributed by atoms with van der Waals surface area (Å²) in [6.07, 6.45) is 0.168. The van der Waals surface area contributed by atoms with Crippen LogP contribution in [0.25, 0.3) is 0 Å². The highest BCUT2D eigenvalue weighted by molar-refractivity contribution is 6.33. The van der Waals surface area contributed by atoms with Crippen molar-refractivity contribution in [2.24, 2.45) is 11.3 Å². The number of rotatable bonds is 4. The topological polar surface area (TPSA) is 70.0 Å². The number of carbonyl (C=O) groups is 2. The molecule has 0 saturated carbocycles. The molecule has 0 bridgehead atoms. The number of anilines is 1. The first-order chi connectivity index (χ1) is 9.24. The summed E-state index contributed by atoms with van der Waals surface area (Å²) in [5.41, 5.74) is 0.125. The van der Waals surface area contributed by atoms with Crippen molar-refractivity contribution in [3.63, 3.8) is 0 Å². The molecule has 20 heavy (non-hydrogen) atoms. The standard InChI is InChI=1S/C15H17ClN2O2/c1-15(2,3)8-13(19)10(9-17)14(20)18-12-7-5-4-6-11(12)16/h4-7,10H,8H2,1-3H3,(H,18,20). The Hall–Kier alpha value is -1.86. The van der Waals surface area contributed by atoms with E-state index in [0.29, 0.717) is 10.7 Å². The van der Waals surface area contributed by atoms with Gasteiger partial charge in [0.2, 0.25) is 5.91 Å². The number of nitrogens with zero attached hydrogens (tertiary/aromatic N) is 1. The third kappa shape index (κ3) is 4.67. The summed E-state index contributed by atoms with van der Waals surface area (Å²) in [5.74, 6) is -2.34. The van der Waals surface area contributed by atoms with Crippen LogP contribution in [0.15, 0.2) is 24.3 Å². The maximum atomic E-state index is 12.0. The van der Waals surface area contributed by atoms with Gasteiger partial charge in [-0.3, -0.25) is 9.59 Å². The quantitative estimate of drug-likeness (QED) is 0.864. The Labute approximate surface area is 123 Å². The van der Waals surface area contributed by atoms with Gasteiger partial charge in [0.1, 0.15) is 0 Å². The van der Waals surface area contributed by atoms with Crippen LogP contribution in [0.2, 0.25) is 5.02 Å². The number of amides is 1. The lowest BCUT2D eigenvalue weighted by Crippen LogP contribution is -2.31. The van der Waals surface area contributed by atoms with Crippen LogP contribution in [0.4, 0.5) is 5.69 Å². The van der Waals surface area contributed by atoms with E-state index < -0.39 is 11.8 Å². The summed E-state index contributed by atoms with van der Waals surface area (Å²) in [6, 6.07) is 8.43. The Kier molecular flexibility index (Phi) is 5.29. The minimum Gasteiger partial charge on any atom is -0.323 e. The first-order valence-electron chi connectivity index (χ1n) is 6.22. The second-order valence-electron chi connectivity index (χ2n) is 5.73. The molecule has 1 atom stereocenters. The molecule has 1 aromatic rings. The van der Waals surface area contributed by atoms with E-state index in [1.165, 1.54) is 0 Å². The van der Waals surface area contributed by atoms with Crippen molar-refractivity contribution in [3.8, 4) is 6.07 Å². The van der Waals surface area contributed by atoms with Crippen LogP contribution >= 0.6 is 11.6 Å². The van der Waals surface area contributed by atoms with Gasteiger partial charge in [-0.15, -0.1) is 0 Å². The first-order valence-corrected chi connectivity index (χ1v) is 6.60. The molecule has 0 fully saturated rings. The number of Topliss-reactive ketones (excluding diaryl/α,β-unsaturated/α-hetero) is 1. The number of benzene rings is 1. The third-order valence-electron chi connectivity index (χ3n) is 2.55. The molecule has 1 unspecified atom stereocenters. The minimum atomic E-state index is -1.31. The van der Waals surface area contributed by atoms with Crippen LogP contribution in [0.5, 0.6) is 0 Å². The lowest BCUT2D eigenvalue weighted by atomic mass is 9.86. The van der Waals surface area contributed by atoms with Gasteiger partial charge in [0, 0.05) is 6.42 Å². The predicted octanol–water partition coefficient (Wildman–Crippen LogP) is 3.42. The molecule has 0 radical (unpaired) electrons. The van der Waals surface area contributed by atoms with Crippen molar-refractivity contribution in [1.29, 1.82) is 5.26 Å². The summed E-state index contributed by atoms with van der Waals surface area (Å²) in [4.78, 5) is 24.0. The summed E-state index contributed by atoms with van der Waals surface area (Å²) >= 11 is 5.92. The molecule has 0 aliphatic heterocycles. The van der Waals surface area contributed by atoms with Crippen molar-refractivity contribution in [1.82, 2.24) is 0 Å². The molecule has 0 aromatic heterocycles. The molecule has 0 spiro atoms. The van der Waals surface area contributed by atoms with Gasteiger partial charge in [0.25, 0.3) is 0 Å². The highest BCUT2D eigenvalue weighted by Crippen LogP contribution is 2.24. The average Bonchev–Trinajstić information content (AvgIpc) is 2.30. The van der Waals surface area contributed by atoms with Gasteiger partial charge in [0.05, 0.1) is 16.8 Å². The van der Waals surface area contributed by atoms with Crippen LogP contribution in [0, 0.1) is 22.7 Å². The Morgan fingerprint density at radius 1 is 1.35 bits per heavy atom. The van der Waals surface area contributed by atoms with Gasteiger partial charge in [0.15, 0.2) is 11.7 Å². The fraction of sp³-hybridized carbons (Fsp3) is 0.400. The minimum absolute atomic E-state index is 0.168. The predicted molar refractivity (Wildman–Crippen MR) is 78.3 cm³/mol. The molecule has 1 rings (SSSR count). The number of ketones is 1. The average molecular weight is 293 g/mol. The Bertz CT molecular complexity index is 556. The molecular formula is C15H17ClN2O2. The molecule has 0 saturated heterocycles. The number of para-hydroxylation sites is 1. The maximum Gasteiger partial charge on any atom is 0.249 e. The number of hydrogen-bond acceptors (Lipinski definition) is 3. The summed E-state index contributed by atoms with van der Waals surface area (Å²) < 4.78 is 0. The monoisotopic (exact) mass is 292 g/mol. The smallest absolute Gasteiger partial charge is 0.249 e. The van der Waals surface area contributed by atoms with Crippen LogP contribution in [0.1, 0.15) is 27.2 Å². The highest BCUT2D eigenvalue weighted by atomic mass is 35.5. The molecule has 106 valence electrons. The van der Waals surface area contributed by atoms with E-state index in [-0.39, 0.29) is 17.6 Å². The largest absolute Gasteiger partial charge is 0.323 e. The summed E-state index contributed by atoms with van der Waals surface area (Å²) in [7, 11) is 0. The van der Waals surface area contributed by atoms with Crippen LogP contribution in [0.3, 0.4) is 0 Å². The second kappa shape index (κ2) is 6.53. The van der Waals surface area contributed by atoms with Crippen molar-refractivity contribution in [3.05, 3.63) is 29.3 Å². The first kappa shape index (κ1) is 16.2. The molecule has 0 aliphatic rings. The summed E-state index contributed by atoms with van der Waals surface area (Å²) in [6.45, 7) is 5.64. The number of nitriles is 1. The molecule has 5 heteroatoms. The fourth-order valence-electron chi connectivity index (χ4n) is 1.67. The molecule has 0 aliphatic carbocycles. The lowest BCUT2D eigenvalue weighted by Gasteiger charge is -2.18. The SMILES string of the molecule is CC(C)(C)CC(=O)C(C#N)C(=O)Nc1ccccc1Cl. The van der Waals surface area contributed by atoms with Crippen molar-refractivity contribution >= 4 is 29.0 Å². The van der Waals surface area contributed by atoms with E-state index in [9.17, 15) is 9.59 Å². The normalized spacial score (nSPS) is 12.3. The summed E-state index contributed by atoms with van der Waals surface area (Å²) in [5, 5.41) is 11.9. The number of nitrogens with one attached hydrogen (secondary N) is 1. The Morgan fingerprint density at radius 3 is 2.45 bits per heavy atom.